The molecule has 0 heteroatoms. The molecule has 0 aromatic heterocycles. The Morgan fingerprint density at radius 1 is 0.222 bits per heavy atom. The average molecular weight is 487 g/mol. The third-order valence-electron chi connectivity index (χ3n) is 4.25. The molecular formula is C36H54. The van der Waals surface area contributed by atoms with E-state index >= 15 is 0 Å². The molecule has 0 saturated heterocycles. The minimum absolute atomic E-state index is 1.24. The van der Waals surface area contributed by atoms with Crippen LogP contribution in [0.3, 0.4) is 0 Å². The highest BCUT2D eigenvalue weighted by Gasteiger charge is 2.06. The van der Waals surface area contributed by atoms with E-state index in [0.717, 1.165) is 0 Å². The number of hydrogen-bond acceptors (Lipinski definition) is 0. The molecule has 0 heterocycles. The summed E-state index contributed by atoms with van der Waals surface area (Å²) in [5.74, 6) is 0. The molecule has 0 amide bonds. The first-order valence-electron chi connectivity index (χ1n) is 14.2. The number of hydrogen-bond donors (Lipinski definition) is 0. The van der Waals surface area contributed by atoms with Gasteiger partial charge in [-0.2, -0.15) is 0 Å². The van der Waals surface area contributed by atoms with E-state index in [0.29, 0.717) is 0 Å². The summed E-state index contributed by atoms with van der Waals surface area (Å²) >= 11 is 0. The van der Waals surface area contributed by atoms with E-state index in [-0.39, 0.29) is 0 Å². The summed E-state index contributed by atoms with van der Waals surface area (Å²) in [5.41, 5.74) is 7.47. The predicted molar refractivity (Wildman–Crippen MR) is 171 cm³/mol. The fourth-order valence-electron chi connectivity index (χ4n) is 3.02. The fourth-order valence-corrected chi connectivity index (χ4v) is 3.02. The van der Waals surface area contributed by atoms with Crippen molar-refractivity contribution in [3.63, 3.8) is 0 Å². The average Bonchev–Trinajstić information content (AvgIpc) is 3.04. The van der Waals surface area contributed by atoms with E-state index in [2.05, 4.69) is 109 Å². The minimum atomic E-state index is 1.24. The zero-order chi connectivity index (χ0) is 28.2. The molecule has 0 nitrogen and oxygen atoms in total. The van der Waals surface area contributed by atoms with Crippen LogP contribution >= 0.6 is 0 Å². The zero-order valence-electron chi connectivity index (χ0n) is 25.4. The van der Waals surface area contributed by atoms with Crippen LogP contribution < -0.4 is 0 Å². The fraction of sp³-hybridized carbons (Fsp3) is 0.333. The highest BCUT2D eigenvalue weighted by Crippen LogP contribution is 2.32. The van der Waals surface area contributed by atoms with E-state index in [1.165, 1.54) is 33.4 Å². The molecule has 0 aliphatic rings. The van der Waals surface area contributed by atoms with Crippen molar-refractivity contribution in [2.24, 2.45) is 0 Å². The maximum Gasteiger partial charge on any atom is -0.0172 e. The largest absolute Gasteiger partial charge is 0.0683 e. The van der Waals surface area contributed by atoms with Crippen LogP contribution in [0.15, 0.2) is 109 Å². The summed E-state index contributed by atoms with van der Waals surface area (Å²) in [4.78, 5) is 0. The number of benzene rings is 4. The van der Waals surface area contributed by atoms with Gasteiger partial charge in [-0.15, -0.1) is 0 Å². The van der Waals surface area contributed by atoms with Gasteiger partial charge in [0.15, 0.2) is 0 Å². The van der Waals surface area contributed by atoms with E-state index in [1.807, 2.05) is 83.1 Å². The van der Waals surface area contributed by atoms with E-state index in [4.69, 9.17) is 0 Å². The first kappa shape index (κ1) is 37.4. The van der Waals surface area contributed by atoms with Gasteiger partial charge in [0.05, 0.1) is 0 Å². The van der Waals surface area contributed by atoms with Crippen LogP contribution in [0.1, 0.15) is 83.1 Å². The summed E-state index contributed by atoms with van der Waals surface area (Å²) in [5, 5.41) is 0. The van der Waals surface area contributed by atoms with Gasteiger partial charge in [0.2, 0.25) is 0 Å². The molecule has 0 radical (unpaired) electrons. The molecule has 4 rings (SSSR count). The van der Waals surface area contributed by atoms with Crippen LogP contribution in [0.4, 0.5) is 0 Å². The molecule has 0 N–H and O–H groups in total. The van der Waals surface area contributed by atoms with Gasteiger partial charge < -0.3 is 0 Å². The zero-order valence-corrected chi connectivity index (χ0v) is 25.4. The van der Waals surface area contributed by atoms with E-state index in [9.17, 15) is 0 Å². The van der Waals surface area contributed by atoms with Crippen molar-refractivity contribution in [1.82, 2.24) is 0 Å². The third kappa shape index (κ3) is 13.7. The Bertz CT molecular complexity index is 784. The maximum absolute atomic E-state index is 2.27. The Morgan fingerprint density at radius 3 is 0.556 bits per heavy atom. The lowest BCUT2D eigenvalue weighted by atomic mass is 9.93. The Hall–Kier alpha value is -3.12. The van der Waals surface area contributed by atoms with Crippen LogP contribution in [-0.4, -0.2) is 0 Å². The summed E-state index contributed by atoms with van der Waals surface area (Å²) in [6.45, 7) is 24.0. The quantitative estimate of drug-likeness (QED) is 0.270. The molecule has 4 aromatic rings. The smallest absolute Gasteiger partial charge is 0.0172 e. The van der Waals surface area contributed by atoms with Crippen molar-refractivity contribution in [1.29, 1.82) is 0 Å². The van der Waals surface area contributed by atoms with Crippen LogP contribution in [0.5, 0.6) is 0 Å². The Morgan fingerprint density at radius 2 is 0.389 bits per heavy atom. The van der Waals surface area contributed by atoms with Crippen LogP contribution in [0.25, 0.3) is 33.4 Å². The molecule has 198 valence electrons. The Labute approximate surface area is 225 Å². The van der Waals surface area contributed by atoms with Crippen molar-refractivity contribution in [2.75, 3.05) is 0 Å². The van der Waals surface area contributed by atoms with Gasteiger partial charge >= 0.3 is 0 Å². The lowest BCUT2D eigenvalue weighted by Gasteiger charge is -2.11. The van der Waals surface area contributed by atoms with Gasteiger partial charge in [-0.3, -0.25) is 0 Å². The standard InChI is InChI=1S/C24H18.6C2H6/c1-4-10-19(11-5-1)22-16-23(20-12-6-2-7-13-20)18-24(17-22)21-14-8-3-9-15-21;6*1-2/h1-18H;6*1-2H3. The van der Waals surface area contributed by atoms with Crippen LogP contribution in [0, 0.1) is 0 Å². The molecule has 4 aromatic carbocycles. The first-order valence-corrected chi connectivity index (χ1v) is 14.2. The molecule has 0 unspecified atom stereocenters. The van der Waals surface area contributed by atoms with E-state index < -0.39 is 0 Å². The minimum Gasteiger partial charge on any atom is -0.0683 e. The second-order valence-corrected chi connectivity index (χ2v) is 5.90. The van der Waals surface area contributed by atoms with Crippen molar-refractivity contribution in [3.8, 4) is 33.4 Å². The van der Waals surface area contributed by atoms with Gasteiger partial charge in [-0.25, -0.2) is 0 Å². The van der Waals surface area contributed by atoms with Crippen molar-refractivity contribution < 1.29 is 0 Å². The maximum atomic E-state index is 2.27. The van der Waals surface area contributed by atoms with Gasteiger partial charge in [0.25, 0.3) is 0 Å². The SMILES string of the molecule is CC.CC.CC.CC.CC.CC.c1ccc(-c2cc(-c3ccccc3)cc(-c3ccccc3)c2)cc1. The summed E-state index contributed by atoms with van der Waals surface area (Å²) in [6, 6.07) is 38.5. The first-order chi connectivity index (χ1) is 17.9. The molecule has 0 atom stereocenters. The van der Waals surface area contributed by atoms with Crippen LogP contribution in [-0.2, 0) is 0 Å². The van der Waals surface area contributed by atoms with Gasteiger partial charge in [0, 0.05) is 0 Å². The molecule has 36 heavy (non-hydrogen) atoms. The topological polar surface area (TPSA) is 0 Å². The molecule has 0 aliphatic carbocycles. The normalized spacial score (nSPS) is 8.00. The molecule has 0 spiro atoms. The second kappa shape index (κ2) is 28.1. The van der Waals surface area contributed by atoms with Crippen molar-refractivity contribution in [2.45, 2.75) is 83.1 Å². The highest BCUT2D eigenvalue weighted by atomic mass is 14.1. The van der Waals surface area contributed by atoms with Crippen LogP contribution in [0.2, 0.25) is 0 Å². The second-order valence-electron chi connectivity index (χ2n) is 5.90. The Kier molecular flexibility index (Phi) is 29.2. The van der Waals surface area contributed by atoms with Gasteiger partial charge in [-0.05, 0) is 51.6 Å². The van der Waals surface area contributed by atoms with Gasteiger partial charge in [0.1, 0.15) is 0 Å². The molecule has 0 bridgehead atoms. The summed E-state index contributed by atoms with van der Waals surface area (Å²) < 4.78 is 0. The van der Waals surface area contributed by atoms with Crippen molar-refractivity contribution in [3.05, 3.63) is 109 Å². The predicted octanol–water partition coefficient (Wildman–Crippen LogP) is 12.8. The third-order valence-corrected chi connectivity index (χ3v) is 4.25. The monoisotopic (exact) mass is 486 g/mol. The molecule has 0 saturated carbocycles. The van der Waals surface area contributed by atoms with E-state index in [1.54, 1.807) is 0 Å². The highest BCUT2D eigenvalue weighted by molar-refractivity contribution is 5.81. The summed E-state index contributed by atoms with van der Waals surface area (Å²) in [7, 11) is 0. The lowest BCUT2D eigenvalue weighted by Crippen LogP contribution is -1.85. The van der Waals surface area contributed by atoms with Gasteiger partial charge in [-0.1, -0.05) is 174 Å². The molecular weight excluding hydrogens is 432 g/mol. The Balaban J connectivity index is -0.000000801. The lowest BCUT2D eigenvalue weighted by molar-refractivity contribution is 1.50. The molecule has 0 aliphatic heterocycles. The number of rotatable bonds is 3. The molecule has 0 fully saturated rings. The summed E-state index contributed by atoms with van der Waals surface area (Å²) in [6.07, 6.45) is 0. The van der Waals surface area contributed by atoms with Crippen molar-refractivity contribution >= 4 is 0 Å².